The molecule has 1 aliphatic rings. The monoisotopic (exact) mass is 328 g/mol. The van der Waals surface area contributed by atoms with Crippen LogP contribution < -0.4 is 10.5 Å². The summed E-state index contributed by atoms with van der Waals surface area (Å²) in [5.41, 5.74) is 4.00. The van der Waals surface area contributed by atoms with Crippen LogP contribution in [0.3, 0.4) is 0 Å². The topological polar surface area (TPSA) is 59.4 Å². The van der Waals surface area contributed by atoms with Crippen molar-refractivity contribution in [2.24, 2.45) is 5.92 Å². The van der Waals surface area contributed by atoms with Gasteiger partial charge in [0.25, 0.3) is 5.91 Å². The van der Waals surface area contributed by atoms with Crippen LogP contribution in [0.15, 0.2) is 43.0 Å². The van der Waals surface area contributed by atoms with E-state index in [1.54, 1.807) is 12.5 Å². The van der Waals surface area contributed by atoms with Crippen molar-refractivity contribution in [2.75, 3.05) is 18.2 Å². The predicted molar refractivity (Wildman–Crippen MR) is 92.5 cm³/mol. The van der Waals surface area contributed by atoms with Crippen LogP contribution in [0.4, 0.5) is 5.69 Å². The molecule has 1 aromatic heterocycles. The molecule has 0 unspecified atom stereocenters. The normalized spacial score (nSPS) is 14.7. The molecule has 1 amide bonds. The second-order valence-corrected chi connectivity index (χ2v) is 6.07. The van der Waals surface area contributed by atoms with Gasteiger partial charge in [0.2, 0.25) is 0 Å². The highest BCUT2D eigenvalue weighted by Crippen LogP contribution is 2.25. The SMILES string of the molecule is CCN(c1ccccc1C(=O)NOCC1CCCC1)n1ccnc1. The van der Waals surface area contributed by atoms with Gasteiger partial charge >= 0.3 is 0 Å². The van der Waals surface area contributed by atoms with Crippen LogP contribution in [0.2, 0.25) is 0 Å². The molecule has 24 heavy (non-hydrogen) atoms. The van der Waals surface area contributed by atoms with Crippen LogP contribution >= 0.6 is 0 Å². The molecule has 0 spiro atoms. The molecule has 1 N–H and O–H groups in total. The number of rotatable bonds is 7. The molecular weight excluding hydrogens is 304 g/mol. The summed E-state index contributed by atoms with van der Waals surface area (Å²) >= 11 is 0. The zero-order chi connectivity index (χ0) is 16.8. The first-order valence-electron chi connectivity index (χ1n) is 8.56. The number of carbonyl (C=O) groups excluding carboxylic acids is 1. The Balaban J connectivity index is 1.69. The van der Waals surface area contributed by atoms with Crippen molar-refractivity contribution >= 4 is 11.6 Å². The number of carbonyl (C=O) groups is 1. The Hall–Kier alpha value is -2.34. The quantitative estimate of drug-likeness (QED) is 0.794. The van der Waals surface area contributed by atoms with Crippen LogP contribution in [0.5, 0.6) is 0 Å². The van der Waals surface area contributed by atoms with Gasteiger partial charge in [-0.1, -0.05) is 25.0 Å². The summed E-state index contributed by atoms with van der Waals surface area (Å²) in [6, 6.07) is 7.51. The number of nitrogens with zero attached hydrogens (tertiary/aromatic N) is 3. The number of hydrogen-bond donors (Lipinski definition) is 1. The molecule has 1 aliphatic carbocycles. The average Bonchev–Trinajstić information content (AvgIpc) is 3.30. The van der Waals surface area contributed by atoms with E-state index in [0.717, 1.165) is 5.69 Å². The van der Waals surface area contributed by atoms with Gasteiger partial charge in [0, 0.05) is 18.9 Å². The van der Waals surface area contributed by atoms with E-state index in [1.807, 2.05) is 47.1 Å². The maximum Gasteiger partial charge on any atom is 0.277 e. The molecule has 6 nitrogen and oxygen atoms in total. The summed E-state index contributed by atoms with van der Waals surface area (Å²) in [6.45, 7) is 3.34. The number of hydrogen-bond acceptors (Lipinski definition) is 4. The molecule has 0 bridgehead atoms. The van der Waals surface area contributed by atoms with Crippen LogP contribution in [0.1, 0.15) is 43.0 Å². The van der Waals surface area contributed by atoms with Crippen LogP contribution in [0.25, 0.3) is 0 Å². The molecule has 0 atom stereocenters. The van der Waals surface area contributed by atoms with Crippen molar-refractivity contribution in [3.8, 4) is 0 Å². The number of benzene rings is 1. The lowest BCUT2D eigenvalue weighted by molar-refractivity contribution is 0.0171. The Bertz CT molecular complexity index is 651. The number of hydroxylamine groups is 1. The van der Waals surface area contributed by atoms with E-state index in [0.29, 0.717) is 24.6 Å². The third-order valence-corrected chi connectivity index (χ3v) is 4.45. The standard InChI is InChI=1S/C18H24N4O2/c1-2-22(21-12-11-19-14-21)17-10-6-5-9-16(17)18(23)20-24-13-15-7-3-4-8-15/h5-6,9-12,14-15H,2-4,7-8,13H2,1H3,(H,20,23). The first-order valence-corrected chi connectivity index (χ1v) is 8.56. The maximum absolute atomic E-state index is 12.5. The Morgan fingerprint density at radius 1 is 1.38 bits per heavy atom. The van der Waals surface area contributed by atoms with Gasteiger partial charge in [-0.05, 0) is 37.8 Å². The summed E-state index contributed by atoms with van der Waals surface area (Å²) in [7, 11) is 0. The van der Waals surface area contributed by atoms with Crippen molar-refractivity contribution in [3.63, 3.8) is 0 Å². The molecule has 128 valence electrons. The molecule has 0 radical (unpaired) electrons. The third-order valence-electron chi connectivity index (χ3n) is 4.45. The van der Waals surface area contributed by atoms with Gasteiger partial charge in [0.1, 0.15) is 6.33 Å². The minimum absolute atomic E-state index is 0.220. The fraction of sp³-hybridized carbons (Fsp3) is 0.444. The lowest BCUT2D eigenvalue weighted by Crippen LogP contribution is -2.32. The molecule has 0 aliphatic heterocycles. The highest BCUT2D eigenvalue weighted by molar-refractivity contribution is 5.99. The van der Waals surface area contributed by atoms with Gasteiger partial charge < -0.3 is 0 Å². The van der Waals surface area contributed by atoms with E-state index >= 15 is 0 Å². The van der Waals surface area contributed by atoms with Crippen molar-refractivity contribution in [1.29, 1.82) is 0 Å². The third kappa shape index (κ3) is 3.76. The lowest BCUT2D eigenvalue weighted by atomic mass is 10.1. The van der Waals surface area contributed by atoms with Crippen LogP contribution in [0, 0.1) is 5.92 Å². The summed E-state index contributed by atoms with van der Waals surface area (Å²) in [5.74, 6) is 0.348. The summed E-state index contributed by atoms with van der Waals surface area (Å²) in [4.78, 5) is 22.1. The number of anilines is 1. The fourth-order valence-electron chi connectivity index (χ4n) is 3.20. The number of imidazole rings is 1. The number of aromatic nitrogens is 2. The Kier molecular flexibility index (Phi) is 5.48. The second-order valence-electron chi connectivity index (χ2n) is 6.07. The zero-order valence-corrected chi connectivity index (χ0v) is 14.0. The highest BCUT2D eigenvalue weighted by atomic mass is 16.6. The van der Waals surface area contributed by atoms with Crippen LogP contribution in [-0.4, -0.2) is 28.7 Å². The minimum atomic E-state index is -0.220. The van der Waals surface area contributed by atoms with Gasteiger partial charge in [-0.25, -0.2) is 15.1 Å². The summed E-state index contributed by atoms with van der Waals surface area (Å²) in [6.07, 6.45) is 10.2. The number of nitrogens with one attached hydrogen (secondary N) is 1. The van der Waals surface area contributed by atoms with E-state index < -0.39 is 0 Å². The largest absolute Gasteiger partial charge is 0.280 e. The Morgan fingerprint density at radius 3 is 2.88 bits per heavy atom. The summed E-state index contributed by atoms with van der Waals surface area (Å²) < 4.78 is 1.87. The smallest absolute Gasteiger partial charge is 0.277 e. The van der Waals surface area contributed by atoms with E-state index in [1.165, 1.54) is 25.7 Å². The lowest BCUT2D eigenvalue weighted by Gasteiger charge is -2.25. The molecule has 1 aromatic carbocycles. The first kappa shape index (κ1) is 16.5. The maximum atomic E-state index is 12.5. The van der Waals surface area contributed by atoms with E-state index in [2.05, 4.69) is 10.5 Å². The first-order chi connectivity index (χ1) is 11.8. The molecule has 0 saturated heterocycles. The molecule has 3 rings (SSSR count). The molecule has 6 heteroatoms. The number of amides is 1. The van der Waals surface area contributed by atoms with Gasteiger partial charge in [0.15, 0.2) is 0 Å². The average molecular weight is 328 g/mol. The van der Waals surface area contributed by atoms with Gasteiger partial charge in [-0.2, -0.15) is 0 Å². The van der Waals surface area contributed by atoms with Crippen molar-refractivity contribution in [1.82, 2.24) is 15.1 Å². The predicted octanol–water partition coefficient (Wildman–Crippen LogP) is 3.02. The van der Waals surface area contributed by atoms with Gasteiger partial charge in [-0.15, -0.1) is 0 Å². The van der Waals surface area contributed by atoms with E-state index in [4.69, 9.17) is 4.84 Å². The highest BCUT2D eigenvalue weighted by Gasteiger charge is 2.18. The molecule has 1 heterocycles. The Morgan fingerprint density at radius 2 is 2.17 bits per heavy atom. The van der Waals surface area contributed by atoms with E-state index in [9.17, 15) is 4.79 Å². The molecule has 2 aromatic rings. The minimum Gasteiger partial charge on any atom is -0.280 e. The zero-order valence-electron chi connectivity index (χ0n) is 14.0. The Labute approximate surface area is 142 Å². The second kappa shape index (κ2) is 7.97. The number of para-hydroxylation sites is 1. The van der Waals surface area contributed by atoms with Gasteiger partial charge in [0.05, 0.1) is 17.9 Å². The van der Waals surface area contributed by atoms with E-state index in [-0.39, 0.29) is 5.91 Å². The molecular formula is C18H24N4O2. The fourth-order valence-corrected chi connectivity index (χ4v) is 3.20. The van der Waals surface area contributed by atoms with Crippen LogP contribution in [-0.2, 0) is 4.84 Å². The van der Waals surface area contributed by atoms with Gasteiger partial charge in [-0.3, -0.25) is 14.6 Å². The molecule has 1 saturated carbocycles. The van der Waals surface area contributed by atoms with Crippen molar-refractivity contribution in [2.45, 2.75) is 32.6 Å². The molecule has 1 fully saturated rings. The van der Waals surface area contributed by atoms with Crippen molar-refractivity contribution in [3.05, 3.63) is 48.5 Å². The summed E-state index contributed by atoms with van der Waals surface area (Å²) in [5, 5.41) is 1.99. The van der Waals surface area contributed by atoms with Crippen molar-refractivity contribution < 1.29 is 9.63 Å².